The second-order valence-electron chi connectivity index (χ2n) is 7.45. The van der Waals surface area contributed by atoms with Crippen molar-refractivity contribution in [1.82, 2.24) is 4.98 Å². The average Bonchev–Trinajstić information content (AvgIpc) is 2.65. The zero-order valence-electron chi connectivity index (χ0n) is 16.5. The fourth-order valence-corrected chi connectivity index (χ4v) is 4.50. The Labute approximate surface area is 180 Å². The van der Waals surface area contributed by atoms with Gasteiger partial charge in [-0.15, -0.1) is 0 Å². The van der Waals surface area contributed by atoms with Crippen LogP contribution in [0.4, 0.5) is 0 Å². The normalized spacial score (nSPS) is 12.2. The minimum atomic E-state index is -4.18. The topological polar surface area (TPSA) is 65.5 Å². The van der Waals surface area contributed by atoms with Crippen LogP contribution >= 0.6 is 23.2 Å². The van der Waals surface area contributed by atoms with Gasteiger partial charge >= 0.3 is 10.1 Å². The Balaban J connectivity index is 2.11. The maximum absolute atomic E-state index is 13.0. The molecular weight excluding hydrogens is 433 g/mol. The van der Waals surface area contributed by atoms with E-state index in [1.807, 2.05) is 27.7 Å². The van der Waals surface area contributed by atoms with E-state index in [0.717, 1.165) is 5.56 Å². The maximum Gasteiger partial charge on any atom is 0.339 e. The Bertz CT molecular complexity index is 1170. The van der Waals surface area contributed by atoms with Gasteiger partial charge in [-0.05, 0) is 48.7 Å². The Morgan fingerprint density at radius 3 is 2.45 bits per heavy atom. The van der Waals surface area contributed by atoms with E-state index in [-0.39, 0.29) is 26.6 Å². The van der Waals surface area contributed by atoms with Crippen LogP contribution in [0.1, 0.15) is 33.3 Å². The van der Waals surface area contributed by atoms with E-state index in [1.165, 1.54) is 18.3 Å². The molecule has 0 fully saturated rings. The molecule has 5 nitrogen and oxygen atoms in total. The summed E-state index contributed by atoms with van der Waals surface area (Å²) in [7, 11) is -4.18. The number of aromatic nitrogens is 1. The third-order valence-electron chi connectivity index (χ3n) is 4.29. The third-order valence-corrected chi connectivity index (χ3v) is 6.10. The van der Waals surface area contributed by atoms with Gasteiger partial charge in [0.2, 0.25) is 0 Å². The summed E-state index contributed by atoms with van der Waals surface area (Å²) in [6.45, 7) is 8.30. The lowest BCUT2D eigenvalue weighted by Gasteiger charge is -2.23. The molecule has 0 aliphatic rings. The van der Waals surface area contributed by atoms with E-state index in [2.05, 4.69) is 4.98 Å². The molecule has 2 aromatic carbocycles. The summed E-state index contributed by atoms with van der Waals surface area (Å²) in [6, 6.07) is 9.52. The Morgan fingerprint density at radius 1 is 1.07 bits per heavy atom. The van der Waals surface area contributed by atoms with Gasteiger partial charge in [0.15, 0.2) is 5.75 Å². The van der Waals surface area contributed by atoms with Crippen LogP contribution < -0.4 is 8.92 Å². The van der Waals surface area contributed by atoms with E-state index in [0.29, 0.717) is 22.8 Å². The SMILES string of the molecule is CCOc1ccc(S(=O)(=O)Oc2c(Cl)cc(Cl)c3cccnc23)cc1C(C)(C)C. The molecule has 0 atom stereocenters. The quantitative estimate of drug-likeness (QED) is 0.442. The van der Waals surface area contributed by atoms with E-state index in [1.54, 1.807) is 24.3 Å². The van der Waals surface area contributed by atoms with Crippen molar-refractivity contribution >= 4 is 44.2 Å². The molecule has 3 aromatic rings. The number of hydrogen-bond donors (Lipinski definition) is 0. The number of fused-ring (bicyclic) bond motifs is 1. The van der Waals surface area contributed by atoms with Gasteiger partial charge in [-0.3, -0.25) is 4.98 Å². The van der Waals surface area contributed by atoms with Gasteiger partial charge in [-0.25, -0.2) is 0 Å². The number of benzene rings is 2. The van der Waals surface area contributed by atoms with Gasteiger partial charge in [0, 0.05) is 17.1 Å². The van der Waals surface area contributed by atoms with E-state index in [4.69, 9.17) is 32.1 Å². The smallest absolute Gasteiger partial charge is 0.339 e. The van der Waals surface area contributed by atoms with Crippen LogP contribution in [0.25, 0.3) is 10.9 Å². The van der Waals surface area contributed by atoms with Crippen LogP contribution in [0.15, 0.2) is 47.5 Å². The van der Waals surface area contributed by atoms with Crippen molar-refractivity contribution in [2.75, 3.05) is 6.61 Å². The summed E-state index contributed by atoms with van der Waals surface area (Å²) >= 11 is 12.4. The Morgan fingerprint density at radius 2 is 1.79 bits per heavy atom. The first kappa shape index (κ1) is 21.7. The predicted octanol–water partition coefficient (Wildman–Crippen LogP) is 6.01. The summed E-state index contributed by atoms with van der Waals surface area (Å²) in [5.41, 5.74) is 0.701. The first-order valence-electron chi connectivity index (χ1n) is 8.99. The summed E-state index contributed by atoms with van der Waals surface area (Å²) in [4.78, 5) is 4.20. The van der Waals surface area contributed by atoms with Crippen molar-refractivity contribution in [3.63, 3.8) is 0 Å². The van der Waals surface area contributed by atoms with Crippen molar-refractivity contribution in [3.8, 4) is 11.5 Å². The molecule has 0 saturated heterocycles. The van der Waals surface area contributed by atoms with Gasteiger partial charge in [0.25, 0.3) is 0 Å². The van der Waals surface area contributed by atoms with E-state index >= 15 is 0 Å². The van der Waals surface area contributed by atoms with Crippen LogP contribution in [-0.4, -0.2) is 20.0 Å². The second kappa shape index (κ2) is 8.01. The van der Waals surface area contributed by atoms with E-state index in [9.17, 15) is 8.42 Å². The highest BCUT2D eigenvalue weighted by molar-refractivity contribution is 7.87. The fourth-order valence-electron chi connectivity index (χ4n) is 2.92. The van der Waals surface area contributed by atoms with Crippen LogP contribution in [-0.2, 0) is 15.5 Å². The van der Waals surface area contributed by atoms with Gasteiger partial charge in [0.1, 0.15) is 16.2 Å². The van der Waals surface area contributed by atoms with Crippen molar-refractivity contribution in [2.45, 2.75) is 38.0 Å². The fraction of sp³-hybridized carbons (Fsp3) is 0.286. The standard InChI is InChI=1S/C21H21Cl2NO4S/c1-5-27-18-9-8-13(11-15(18)21(2,3)4)29(25,26)28-20-17(23)12-16(22)14-7-6-10-24-19(14)20/h6-12H,5H2,1-4H3. The summed E-state index contributed by atoms with van der Waals surface area (Å²) in [5, 5.41) is 0.969. The number of hydrogen-bond acceptors (Lipinski definition) is 5. The predicted molar refractivity (Wildman–Crippen MR) is 116 cm³/mol. The van der Waals surface area contributed by atoms with Crippen LogP contribution in [0.2, 0.25) is 10.0 Å². The molecular formula is C21H21Cl2NO4S. The summed E-state index contributed by atoms with van der Waals surface area (Å²) < 4.78 is 37.2. The molecule has 0 N–H and O–H groups in total. The molecule has 0 unspecified atom stereocenters. The highest BCUT2D eigenvalue weighted by Crippen LogP contribution is 2.39. The molecule has 0 aliphatic heterocycles. The summed E-state index contributed by atoms with van der Waals surface area (Å²) in [5.74, 6) is 0.577. The van der Waals surface area contributed by atoms with Gasteiger partial charge in [0.05, 0.1) is 16.7 Å². The number of pyridine rings is 1. The van der Waals surface area contributed by atoms with E-state index < -0.39 is 10.1 Å². The average molecular weight is 454 g/mol. The molecule has 1 heterocycles. The third kappa shape index (κ3) is 4.44. The van der Waals surface area contributed by atoms with Crippen molar-refractivity contribution in [2.24, 2.45) is 0 Å². The van der Waals surface area contributed by atoms with Gasteiger partial charge in [-0.2, -0.15) is 8.42 Å². The molecule has 1 aromatic heterocycles. The monoisotopic (exact) mass is 453 g/mol. The maximum atomic E-state index is 13.0. The van der Waals surface area contributed by atoms with Crippen molar-refractivity contribution in [3.05, 3.63) is 58.2 Å². The zero-order chi connectivity index (χ0) is 21.4. The van der Waals surface area contributed by atoms with Gasteiger partial charge < -0.3 is 8.92 Å². The Hall–Kier alpha value is -2.02. The highest BCUT2D eigenvalue weighted by Gasteiger charge is 2.26. The second-order valence-corrected chi connectivity index (χ2v) is 9.81. The molecule has 0 saturated carbocycles. The molecule has 8 heteroatoms. The molecule has 0 bridgehead atoms. The lowest BCUT2D eigenvalue weighted by Crippen LogP contribution is -2.16. The molecule has 0 radical (unpaired) electrons. The largest absolute Gasteiger partial charge is 0.494 e. The molecule has 29 heavy (non-hydrogen) atoms. The van der Waals surface area contributed by atoms with Crippen LogP contribution in [0, 0.1) is 0 Å². The number of nitrogens with zero attached hydrogens (tertiary/aromatic N) is 1. The first-order valence-corrected chi connectivity index (χ1v) is 11.2. The molecule has 0 aliphatic carbocycles. The summed E-state index contributed by atoms with van der Waals surface area (Å²) in [6.07, 6.45) is 1.52. The Kier molecular flexibility index (Phi) is 5.99. The van der Waals surface area contributed by atoms with Gasteiger partial charge in [-0.1, -0.05) is 44.0 Å². The minimum Gasteiger partial charge on any atom is -0.494 e. The van der Waals surface area contributed by atoms with Crippen LogP contribution in [0.5, 0.6) is 11.5 Å². The lowest BCUT2D eigenvalue weighted by atomic mass is 9.86. The first-order chi connectivity index (χ1) is 13.5. The molecule has 0 spiro atoms. The number of ether oxygens (including phenoxy) is 1. The molecule has 154 valence electrons. The minimum absolute atomic E-state index is 0.000904. The number of halogens is 2. The number of rotatable bonds is 5. The van der Waals surface area contributed by atoms with Crippen molar-refractivity contribution < 1.29 is 17.3 Å². The highest BCUT2D eigenvalue weighted by atomic mass is 35.5. The zero-order valence-corrected chi connectivity index (χ0v) is 18.8. The lowest BCUT2D eigenvalue weighted by molar-refractivity contribution is 0.329. The van der Waals surface area contributed by atoms with Crippen LogP contribution in [0.3, 0.4) is 0 Å². The molecule has 0 amide bonds. The van der Waals surface area contributed by atoms with Crippen molar-refractivity contribution in [1.29, 1.82) is 0 Å². The molecule has 3 rings (SSSR count).